The van der Waals surface area contributed by atoms with Crippen LogP contribution in [-0.4, -0.2) is 46.5 Å². The fraction of sp³-hybridized carbons (Fsp3) is 0.375. The summed E-state index contributed by atoms with van der Waals surface area (Å²) in [7, 11) is 0. The van der Waals surface area contributed by atoms with E-state index in [2.05, 4.69) is 25.4 Å². The van der Waals surface area contributed by atoms with Gasteiger partial charge in [-0.2, -0.15) is 5.10 Å². The molecule has 0 aromatic carbocycles. The summed E-state index contributed by atoms with van der Waals surface area (Å²) in [5.41, 5.74) is 0.496. The van der Waals surface area contributed by atoms with Crippen LogP contribution in [0.2, 0.25) is 0 Å². The Kier molecular flexibility index (Phi) is 5.96. The first-order chi connectivity index (χ1) is 15.9. The minimum Gasteiger partial charge on any atom is -0.444 e. The van der Waals surface area contributed by atoms with Crippen LogP contribution < -0.4 is 5.32 Å². The molecule has 0 saturated heterocycles. The SMILES string of the molecule is Cc1cc(-c2nc(C(=O)Nc3cc4cn(CCC(C)(C)O)nc4nc3C(C)(C)O)co2)ccn1. The Hall–Kier alpha value is -3.63. The second-order valence-electron chi connectivity index (χ2n) is 9.49. The van der Waals surface area contributed by atoms with Gasteiger partial charge in [-0.3, -0.25) is 14.5 Å². The highest BCUT2D eigenvalue weighted by Crippen LogP contribution is 2.30. The molecule has 0 bridgehead atoms. The second-order valence-corrected chi connectivity index (χ2v) is 9.49. The van der Waals surface area contributed by atoms with Crippen molar-refractivity contribution in [2.75, 3.05) is 5.32 Å². The first-order valence-electron chi connectivity index (χ1n) is 10.9. The number of pyridine rings is 2. The maximum atomic E-state index is 13.0. The molecule has 4 heterocycles. The minimum atomic E-state index is -1.34. The van der Waals surface area contributed by atoms with Crippen LogP contribution >= 0.6 is 0 Å². The number of nitrogens with one attached hydrogen (secondary N) is 1. The van der Waals surface area contributed by atoms with Crippen LogP contribution in [0.3, 0.4) is 0 Å². The van der Waals surface area contributed by atoms with Crippen LogP contribution in [0.15, 0.2) is 41.3 Å². The van der Waals surface area contributed by atoms with Crippen LogP contribution in [-0.2, 0) is 12.1 Å². The summed E-state index contributed by atoms with van der Waals surface area (Å²) in [5, 5.41) is 28.6. The summed E-state index contributed by atoms with van der Waals surface area (Å²) in [5.74, 6) is -0.193. The molecule has 4 aromatic rings. The highest BCUT2D eigenvalue weighted by Gasteiger charge is 2.26. The number of fused-ring (bicyclic) bond motifs is 1. The summed E-state index contributed by atoms with van der Waals surface area (Å²) < 4.78 is 7.18. The van der Waals surface area contributed by atoms with Crippen LogP contribution in [0.1, 0.15) is 56.0 Å². The lowest BCUT2D eigenvalue weighted by Gasteiger charge is -2.20. The highest BCUT2D eigenvalue weighted by molar-refractivity contribution is 6.04. The Bertz CT molecular complexity index is 1340. The van der Waals surface area contributed by atoms with Gasteiger partial charge in [-0.1, -0.05) is 0 Å². The quantitative estimate of drug-likeness (QED) is 0.378. The van der Waals surface area contributed by atoms with Crippen LogP contribution in [0.25, 0.3) is 22.5 Å². The normalized spacial score (nSPS) is 12.3. The van der Waals surface area contributed by atoms with Crippen molar-refractivity contribution in [3.05, 3.63) is 53.9 Å². The molecule has 0 fully saturated rings. The standard InChI is InChI=1S/C24H28N6O4/c1-14-10-15(6-8-25-14)22-27-18(13-34-22)21(31)26-17-11-16-12-30(9-7-23(2,3)32)29-20(16)28-19(17)24(4,5)33/h6,8,10-13,32-33H,7,9H2,1-5H3,(H,26,31). The molecular formula is C24H28N6O4. The number of rotatable bonds is 7. The molecule has 4 rings (SSSR count). The second kappa shape index (κ2) is 8.62. The third-order valence-electron chi connectivity index (χ3n) is 5.20. The van der Waals surface area contributed by atoms with Crippen molar-refractivity contribution in [3.63, 3.8) is 0 Å². The average Bonchev–Trinajstić information content (AvgIpc) is 3.37. The summed E-state index contributed by atoms with van der Waals surface area (Å²) in [6, 6.07) is 5.28. The van der Waals surface area contributed by atoms with Crippen molar-refractivity contribution in [2.24, 2.45) is 0 Å². The van der Waals surface area contributed by atoms with Crippen molar-refractivity contribution in [2.45, 2.75) is 58.8 Å². The lowest BCUT2D eigenvalue weighted by Crippen LogP contribution is -2.23. The van der Waals surface area contributed by atoms with Gasteiger partial charge in [0.2, 0.25) is 5.89 Å². The summed E-state index contributed by atoms with van der Waals surface area (Å²) in [6.07, 6.45) is 5.23. The number of anilines is 1. The van der Waals surface area contributed by atoms with E-state index in [-0.39, 0.29) is 11.4 Å². The Labute approximate surface area is 196 Å². The zero-order chi connectivity index (χ0) is 24.7. The van der Waals surface area contributed by atoms with Crippen LogP contribution in [0.5, 0.6) is 0 Å². The number of oxazole rings is 1. The Morgan fingerprint density at radius 1 is 1.18 bits per heavy atom. The Morgan fingerprint density at radius 2 is 1.94 bits per heavy atom. The first kappa shape index (κ1) is 23.5. The van der Waals surface area contributed by atoms with Gasteiger partial charge < -0.3 is 19.9 Å². The molecule has 0 atom stereocenters. The molecule has 34 heavy (non-hydrogen) atoms. The van der Waals surface area contributed by atoms with E-state index in [1.54, 1.807) is 56.9 Å². The predicted molar refractivity (Wildman–Crippen MR) is 126 cm³/mol. The zero-order valence-corrected chi connectivity index (χ0v) is 19.8. The van der Waals surface area contributed by atoms with Crippen LogP contribution in [0, 0.1) is 6.92 Å². The Morgan fingerprint density at radius 3 is 2.62 bits per heavy atom. The molecular weight excluding hydrogens is 436 g/mol. The number of hydrogen-bond acceptors (Lipinski definition) is 8. The topological polar surface area (TPSA) is 139 Å². The monoisotopic (exact) mass is 464 g/mol. The molecule has 178 valence electrons. The smallest absolute Gasteiger partial charge is 0.277 e. The molecule has 10 nitrogen and oxygen atoms in total. The number of aryl methyl sites for hydroxylation is 2. The van der Waals surface area contributed by atoms with E-state index >= 15 is 0 Å². The molecule has 10 heteroatoms. The average molecular weight is 465 g/mol. The number of nitrogens with zero attached hydrogens (tertiary/aromatic N) is 5. The van der Waals surface area contributed by atoms with Gasteiger partial charge in [-0.15, -0.1) is 0 Å². The number of amides is 1. The van der Waals surface area contributed by atoms with Gasteiger partial charge in [-0.05, 0) is 59.2 Å². The van der Waals surface area contributed by atoms with E-state index < -0.39 is 17.1 Å². The summed E-state index contributed by atoms with van der Waals surface area (Å²) in [4.78, 5) is 25.9. The summed E-state index contributed by atoms with van der Waals surface area (Å²) >= 11 is 0. The van der Waals surface area contributed by atoms with Crippen molar-refractivity contribution in [3.8, 4) is 11.5 Å². The van der Waals surface area contributed by atoms with Crippen molar-refractivity contribution >= 4 is 22.6 Å². The molecule has 0 spiro atoms. The summed E-state index contributed by atoms with van der Waals surface area (Å²) in [6.45, 7) is 8.99. The van der Waals surface area contributed by atoms with Crippen molar-refractivity contribution in [1.29, 1.82) is 0 Å². The molecule has 0 aliphatic rings. The van der Waals surface area contributed by atoms with Gasteiger partial charge in [0.15, 0.2) is 11.3 Å². The molecule has 0 aliphatic carbocycles. The van der Waals surface area contributed by atoms with E-state index in [1.165, 1.54) is 6.26 Å². The number of aliphatic hydroxyl groups is 2. The lowest BCUT2D eigenvalue weighted by atomic mass is 10.0. The fourth-order valence-electron chi connectivity index (χ4n) is 3.45. The van der Waals surface area contributed by atoms with Gasteiger partial charge >= 0.3 is 0 Å². The van der Waals surface area contributed by atoms with E-state index in [0.717, 1.165) is 5.69 Å². The minimum absolute atomic E-state index is 0.0899. The van der Waals surface area contributed by atoms with E-state index in [1.807, 2.05) is 13.0 Å². The third-order valence-corrected chi connectivity index (χ3v) is 5.20. The third kappa shape index (κ3) is 5.29. The highest BCUT2D eigenvalue weighted by atomic mass is 16.3. The molecule has 1 amide bonds. The first-order valence-corrected chi connectivity index (χ1v) is 10.9. The van der Waals surface area contributed by atoms with Crippen molar-refractivity contribution in [1.82, 2.24) is 24.7 Å². The Balaban J connectivity index is 1.63. The largest absolute Gasteiger partial charge is 0.444 e. The molecule has 3 N–H and O–H groups in total. The van der Waals surface area contributed by atoms with E-state index in [4.69, 9.17) is 4.42 Å². The molecule has 0 radical (unpaired) electrons. The zero-order valence-electron chi connectivity index (χ0n) is 19.8. The van der Waals surface area contributed by atoms with E-state index in [9.17, 15) is 15.0 Å². The number of carbonyl (C=O) groups is 1. The van der Waals surface area contributed by atoms with Crippen LogP contribution in [0.4, 0.5) is 5.69 Å². The van der Waals surface area contributed by atoms with Gasteiger partial charge in [0.05, 0.1) is 17.0 Å². The molecule has 4 aromatic heterocycles. The van der Waals surface area contributed by atoms with Gasteiger partial charge in [0.1, 0.15) is 11.9 Å². The molecule has 0 aliphatic heterocycles. The number of aromatic nitrogens is 5. The van der Waals surface area contributed by atoms with Gasteiger partial charge in [-0.25, -0.2) is 9.97 Å². The number of carbonyl (C=O) groups excluding carboxylic acids is 1. The fourth-order valence-corrected chi connectivity index (χ4v) is 3.45. The van der Waals surface area contributed by atoms with E-state index in [0.29, 0.717) is 41.1 Å². The lowest BCUT2D eigenvalue weighted by molar-refractivity contribution is 0.0651. The van der Waals surface area contributed by atoms with Gasteiger partial charge in [0, 0.05) is 35.6 Å². The van der Waals surface area contributed by atoms with Crippen molar-refractivity contribution < 1.29 is 19.4 Å². The number of hydrogen-bond donors (Lipinski definition) is 3. The molecule has 0 unspecified atom stereocenters. The molecule has 0 saturated carbocycles. The maximum Gasteiger partial charge on any atom is 0.277 e. The maximum absolute atomic E-state index is 13.0. The predicted octanol–water partition coefficient (Wildman–Crippen LogP) is 3.43. The van der Waals surface area contributed by atoms with Gasteiger partial charge in [0.25, 0.3) is 5.91 Å².